The molecule has 0 bridgehead atoms. The molecule has 0 saturated carbocycles. The molecule has 3 amide bonds. The number of carbonyl (C=O) groups excluding carboxylic acids is 3. The highest BCUT2D eigenvalue weighted by Gasteiger charge is 2.42. The van der Waals surface area contributed by atoms with Gasteiger partial charge < -0.3 is 10.4 Å². The summed E-state index contributed by atoms with van der Waals surface area (Å²) in [7, 11) is 0. The first-order chi connectivity index (χ1) is 12.8. The van der Waals surface area contributed by atoms with Gasteiger partial charge in [-0.05, 0) is 61.0 Å². The van der Waals surface area contributed by atoms with Crippen LogP contribution in [0, 0.1) is 13.8 Å². The number of nitrogens with zero attached hydrogens (tertiary/aromatic N) is 1. The summed E-state index contributed by atoms with van der Waals surface area (Å²) < 4.78 is 0. The second-order valence-corrected chi connectivity index (χ2v) is 7.77. The largest absolute Gasteiger partial charge is 0.506 e. The summed E-state index contributed by atoms with van der Waals surface area (Å²) in [6.07, 6.45) is -0.192. The van der Waals surface area contributed by atoms with Crippen LogP contribution in [0.5, 0.6) is 5.75 Å². The Hall–Kier alpha value is -2.51. The van der Waals surface area contributed by atoms with Crippen LogP contribution in [-0.4, -0.2) is 27.4 Å². The van der Waals surface area contributed by atoms with E-state index in [1.165, 1.54) is 18.2 Å². The quantitative estimate of drug-likeness (QED) is 0.743. The van der Waals surface area contributed by atoms with Gasteiger partial charge in [0.05, 0.1) is 11.4 Å². The van der Waals surface area contributed by atoms with E-state index in [0.717, 1.165) is 27.8 Å². The lowest BCUT2D eigenvalue weighted by atomic mass is 10.1. The van der Waals surface area contributed by atoms with E-state index in [4.69, 9.17) is 11.6 Å². The number of phenols is 1. The van der Waals surface area contributed by atoms with Gasteiger partial charge in [-0.3, -0.25) is 14.4 Å². The zero-order valence-corrected chi connectivity index (χ0v) is 16.2. The van der Waals surface area contributed by atoms with Crippen molar-refractivity contribution in [3.63, 3.8) is 0 Å². The van der Waals surface area contributed by atoms with Gasteiger partial charge in [0, 0.05) is 11.4 Å². The van der Waals surface area contributed by atoms with Crippen molar-refractivity contribution in [2.24, 2.45) is 0 Å². The third-order valence-electron chi connectivity index (χ3n) is 4.34. The van der Waals surface area contributed by atoms with Crippen molar-refractivity contribution in [2.75, 3.05) is 10.2 Å². The topological polar surface area (TPSA) is 86.7 Å². The van der Waals surface area contributed by atoms with Gasteiger partial charge in [-0.25, -0.2) is 4.90 Å². The highest BCUT2D eigenvalue weighted by molar-refractivity contribution is 8.15. The van der Waals surface area contributed by atoms with Gasteiger partial charge in [0.25, 0.3) is 5.24 Å². The number of hydrogen-bond acceptors (Lipinski definition) is 5. The minimum Gasteiger partial charge on any atom is -0.506 e. The maximum atomic E-state index is 12.7. The van der Waals surface area contributed by atoms with Crippen LogP contribution in [0.25, 0.3) is 0 Å². The molecule has 1 fully saturated rings. The van der Waals surface area contributed by atoms with Gasteiger partial charge in [0.1, 0.15) is 11.0 Å². The molecule has 6 nitrogen and oxygen atoms in total. The highest BCUT2D eigenvalue weighted by Crippen LogP contribution is 2.36. The SMILES string of the molecule is Cc1cccc(N2C(=O)SC(CC(=O)Nc3cc(Cl)ccc3O)C2=O)c1C. The number of nitrogens with one attached hydrogen (secondary N) is 1. The molecule has 0 spiro atoms. The fraction of sp³-hybridized carbons (Fsp3) is 0.211. The fourth-order valence-electron chi connectivity index (χ4n) is 2.76. The molecular formula is C19H17ClN2O4S. The van der Waals surface area contributed by atoms with Crippen molar-refractivity contribution >= 4 is 51.8 Å². The number of aryl methyl sites for hydroxylation is 1. The van der Waals surface area contributed by atoms with Crippen LogP contribution < -0.4 is 10.2 Å². The fourth-order valence-corrected chi connectivity index (χ4v) is 3.91. The summed E-state index contributed by atoms with van der Waals surface area (Å²) in [4.78, 5) is 38.5. The molecule has 0 aliphatic carbocycles. The van der Waals surface area contributed by atoms with Crippen LogP contribution >= 0.6 is 23.4 Å². The Balaban J connectivity index is 1.74. The molecule has 0 aromatic heterocycles. The minimum absolute atomic E-state index is 0.133. The number of carbonyl (C=O) groups is 3. The van der Waals surface area contributed by atoms with Crippen LogP contribution in [0.4, 0.5) is 16.2 Å². The van der Waals surface area contributed by atoms with Crippen LogP contribution in [0.3, 0.4) is 0 Å². The number of anilines is 2. The second-order valence-electron chi connectivity index (χ2n) is 6.18. The molecule has 1 heterocycles. The highest BCUT2D eigenvalue weighted by atomic mass is 35.5. The molecule has 0 radical (unpaired) electrons. The Kier molecular flexibility index (Phi) is 5.43. The first-order valence-corrected chi connectivity index (χ1v) is 9.43. The smallest absolute Gasteiger partial charge is 0.293 e. The summed E-state index contributed by atoms with van der Waals surface area (Å²) in [5, 5.41) is 11.4. The van der Waals surface area contributed by atoms with Crippen LogP contribution in [0.2, 0.25) is 5.02 Å². The molecule has 1 aliphatic rings. The minimum atomic E-state index is -0.821. The predicted molar refractivity (Wildman–Crippen MR) is 107 cm³/mol. The maximum absolute atomic E-state index is 12.7. The van der Waals surface area contributed by atoms with Crippen LogP contribution in [-0.2, 0) is 9.59 Å². The van der Waals surface area contributed by atoms with Gasteiger partial charge in [0.15, 0.2) is 0 Å². The Morgan fingerprint density at radius 2 is 2.00 bits per heavy atom. The van der Waals surface area contributed by atoms with Crippen molar-refractivity contribution in [3.05, 3.63) is 52.5 Å². The van der Waals surface area contributed by atoms with Gasteiger partial charge in [-0.15, -0.1) is 0 Å². The van der Waals surface area contributed by atoms with E-state index in [1.54, 1.807) is 12.1 Å². The van der Waals surface area contributed by atoms with E-state index in [1.807, 2.05) is 19.9 Å². The Labute approximate surface area is 165 Å². The molecule has 1 atom stereocenters. The average molecular weight is 405 g/mol. The third kappa shape index (κ3) is 3.94. The molecule has 3 rings (SSSR count). The summed E-state index contributed by atoms with van der Waals surface area (Å²) >= 11 is 6.68. The number of amides is 3. The Bertz CT molecular complexity index is 947. The number of rotatable bonds is 4. The van der Waals surface area contributed by atoms with Crippen molar-refractivity contribution in [1.29, 1.82) is 0 Å². The standard InChI is InChI=1S/C19H17ClN2O4S/c1-10-4-3-5-14(11(10)2)22-18(25)16(27-19(22)26)9-17(24)21-13-8-12(20)6-7-15(13)23/h3-8,16,23H,9H2,1-2H3,(H,21,24). The summed E-state index contributed by atoms with van der Waals surface area (Å²) in [5.74, 6) is -1.05. The van der Waals surface area contributed by atoms with Crippen molar-refractivity contribution in [2.45, 2.75) is 25.5 Å². The maximum Gasteiger partial charge on any atom is 0.293 e. The first kappa shape index (κ1) is 19.3. The van der Waals surface area contributed by atoms with Crippen molar-refractivity contribution in [1.82, 2.24) is 0 Å². The first-order valence-electron chi connectivity index (χ1n) is 8.17. The van der Waals surface area contributed by atoms with E-state index in [-0.39, 0.29) is 17.9 Å². The van der Waals surface area contributed by atoms with Crippen LogP contribution in [0.15, 0.2) is 36.4 Å². The van der Waals surface area contributed by atoms with Gasteiger partial charge in [-0.2, -0.15) is 0 Å². The number of phenolic OH excluding ortho intramolecular Hbond substituents is 1. The van der Waals surface area contributed by atoms with E-state index >= 15 is 0 Å². The molecular weight excluding hydrogens is 388 g/mol. The number of hydrogen-bond donors (Lipinski definition) is 2. The van der Waals surface area contributed by atoms with Gasteiger partial charge in [0.2, 0.25) is 11.8 Å². The van der Waals surface area contributed by atoms with E-state index in [0.29, 0.717) is 10.7 Å². The molecule has 27 heavy (non-hydrogen) atoms. The Morgan fingerprint density at radius 1 is 1.26 bits per heavy atom. The molecule has 140 valence electrons. The molecule has 2 aromatic rings. The van der Waals surface area contributed by atoms with Crippen molar-refractivity contribution in [3.8, 4) is 5.75 Å². The number of aromatic hydroxyl groups is 1. The number of imide groups is 1. The molecule has 1 aliphatic heterocycles. The lowest BCUT2D eigenvalue weighted by Crippen LogP contribution is -2.33. The van der Waals surface area contributed by atoms with E-state index < -0.39 is 22.3 Å². The summed E-state index contributed by atoms with van der Waals surface area (Å²) in [5.41, 5.74) is 2.50. The monoisotopic (exact) mass is 404 g/mol. The lowest BCUT2D eigenvalue weighted by molar-refractivity contribution is -0.121. The second kappa shape index (κ2) is 7.62. The van der Waals surface area contributed by atoms with Gasteiger partial charge >= 0.3 is 0 Å². The average Bonchev–Trinajstić information content (AvgIpc) is 2.87. The normalized spacial score (nSPS) is 16.7. The molecule has 8 heteroatoms. The van der Waals surface area contributed by atoms with E-state index in [9.17, 15) is 19.5 Å². The number of benzene rings is 2. The lowest BCUT2D eigenvalue weighted by Gasteiger charge is -2.17. The number of halogens is 1. The van der Waals surface area contributed by atoms with E-state index in [2.05, 4.69) is 5.32 Å². The zero-order chi connectivity index (χ0) is 19.7. The molecule has 2 aromatic carbocycles. The predicted octanol–water partition coefficient (Wildman–Crippen LogP) is 4.26. The zero-order valence-electron chi connectivity index (χ0n) is 14.7. The summed E-state index contributed by atoms with van der Waals surface area (Å²) in [6, 6.07) is 9.66. The van der Waals surface area contributed by atoms with Gasteiger partial charge in [-0.1, -0.05) is 23.7 Å². The molecule has 2 N–H and O–H groups in total. The number of thioether (sulfide) groups is 1. The Morgan fingerprint density at radius 3 is 2.74 bits per heavy atom. The third-order valence-corrected chi connectivity index (χ3v) is 5.61. The molecule has 1 saturated heterocycles. The van der Waals surface area contributed by atoms with Crippen molar-refractivity contribution < 1.29 is 19.5 Å². The summed E-state index contributed by atoms with van der Waals surface area (Å²) in [6.45, 7) is 3.75. The van der Waals surface area contributed by atoms with Crippen LogP contribution in [0.1, 0.15) is 17.5 Å². The molecule has 1 unspecified atom stereocenters.